The number of phenolic OH excluding ortho intramolecular Hbond substituents is 1. The SMILES string of the molecule is CC1CN(C(=O)c2cc(O)c3ccccc3c2)CCS(=O)C1. The fourth-order valence-electron chi connectivity index (χ4n) is 2.91. The van der Waals surface area contributed by atoms with Gasteiger partial charge in [-0.2, -0.15) is 0 Å². The minimum absolute atomic E-state index is 0.105. The lowest BCUT2D eigenvalue weighted by molar-refractivity contribution is 0.0751. The number of carbonyl (C=O) groups is 1. The van der Waals surface area contributed by atoms with Crippen LogP contribution in [0.1, 0.15) is 17.3 Å². The van der Waals surface area contributed by atoms with Crippen LogP contribution in [0, 0.1) is 5.92 Å². The Labute approximate surface area is 132 Å². The molecule has 2 aromatic carbocycles. The Morgan fingerprint density at radius 1 is 1.32 bits per heavy atom. The van der Waals surface area contributed by atoms with Gasteiger partial charge in [0.25, 0.3) is 5.91 Å². The molecule has 0 aromatic heterocycles. The summed E-state index contributed by atoms with van der Waals surface area (Å²) >= 11 is 0. The van der Waals surface area contributed by atoms with Crippen LogP contribution in [0.5, 0.6) is 5.75 Å². The quantitative estimate of drug-likeness (QED) is 0.878. The first kappa shape index (κ1) is 15.0. The molecule has 0 saturated carbocycles. The number of rotatable bonds is 1. The molecule has 2 aromatic rings. The van der Waals surface area contributed by atoms with Gasteiger partial charge in [-0.05, 0) is 23.4 Å². The van der Waals surface area contributed by atoms with E-state index in [1.165, 1.54) is 6.07 Å². The summed E-state index contributed by atoms with van der Waals surface area (Å²) in [6.07, 6.45) is 0. The minimum Gasteiger partial charge on any atom is -0.507 e. The molecule has 0 spiro atoms. The Morgan fingerprint density at radius 2 is 2.09 bits per heavy atom. The number of phenols is 1. The zero-order valence-electron chi connectivity index (χ0n) is 12.5. The maximum Gasteiger partial charge on any atom is 0.254 e. The topological polar surface area (TPSA) is 57.6 Å². The van der Waals surface area contributed by atoms with Crippen molar-refractivity contribution in [3.8, 4) is 5.75 Å². The van der Waals surface area contributed by atoms with Crippen LogP contribution < -0.4 is 0 Å². The first-order valence-corrected chi connectivity index (χ1v) is 8.89. The lowest BCUT2D eigenvalue weighted by atomic mass is 10.0. The molecule has 116 valence electrons. The van der Waals surface area contributed by atoms with Crippen LogP contribution in [0.15, 0.2) is 36.4 Å². The van der Waals surface area contributed by atoms with Gasteiger partial charge in [0.2, 0.25) is 0 Å². The predicted molar refractivity (Wildman–Crippen MR) is 88.6 cm³/mol. The van der Waals surface area contributed by atoms with Gasteiger partial charge in [-0.25, -0.2) is 0 Å². The number of carbonyl (C=O) groups excluding carboxylic acids is 1. The molecule has 1 amide bonds. The summed E-state index contributed by atoms with van der Waals surface area (Å²) in [6.45, 7) is 3.13. The molecule has 0 bridgehead atoms. The van der Waals surface area contributed by atoms with E-state index in [2.05, 4.69) is 0 Å². The second kappa shape index (κ2) is 6.08. The fourth-order valence-corrected chi connectivity index (χ4v) is 4.24. The highest BCUT2D eigenvalue weighted by atomic mass is 32.2. The summed E-state index contributed by atoms with van der Waals surface area (Å²) in [7, 11) is -0.851. The third kappa shape index (κ3) is 2.99. The smallest absolute Gasteiger partial charge is 0.254 e. The van der Waals surface area contributed by atoms with Gasteiger partial charge in [0.1, 0.15) is 5.75 Å². The van der Waals surface area contributed by atoms with Gasteiger partial charge in [-0.15, -0.1) is 0 Å². The molecule has 2 atom stereocenters. The average molecular weight is 317 g/mol. The number of hydrogen-bond acceptors (Lipinski definition) is 3. The molecule has 5 heteroatoms. The number of hydrogen-bond donors (Lipinski definition) is 1. The first-order chi connectivity index (χ1) is 10.5. The fraction of sp³-hybridized carbons (Fsp3) is 0.353. The summed E-state index contributed by atoms with van der Waals surface area (Å²) in [5.41, 5.74) is 0.482. The molecule has 1 aliphatic heterocycles. The van der Waals surface area contributed by atoms with E-state index in [0.29, 0.717) is 30.2 Å². The second-order valence-electron chi connectivity index (χ2n) is 5.88. The van der Waals surface area contributed by atoms with Crippen LogP contribution in [0.25, 0.3) is 10.8 Å². The second-order valence-corrected chi connectivity index (χ2v) is 7.50. The van der Waals surface area contributed by atoms with Crippen molar-refractivity contribution < 1.29 is 14.1 Å². The predicted octanol–water partition coefficient (Wildman–Crippen LogP) is 2.39. The molecule has 0 aliphatic carbocycles. The molecule has 1 aliphatic rings. The van der Waals surface area contributed by atoms with Gasteiger partial charge in [-0.1, -0.05) is 31.2 Å². The number of benzene rings is 2. The summed E-state index contributed by atoms with van der Waals surface area (Å²) in [6, 6.07) is 10.8. The Morgan fingerprint density at radius 3 is 2.91 bits per heavy atom. The van der Waals surface area contributed by atoms with E-state index in [4.69, 9.17) is 0 Å². The van der Waals surface area contributed by atoms with E-state index in [0.717, 1.165) is 10.8 Å². The van der Waals surface area contributed by atoms with Crippen molar-refractivity contribution in [2.75, 3.05) is 24.6 Å². The summed E-state index contributed by atoms with van der Waals surface area (Å²) in [5, 5.41) is 11.7. The Hall–Kier alpha value is -1.88. The summed E-state index contributed by atoms with van der Waals surface area (Å²) < 4.78 is 11.8. The zero-order chi connectivity index (χ0) is 15.7. The van der Waals surface area contributed by atoms with Gasteiger partial charge in [0, 0.05) is 46.3 Å². The van der Waals surface area contributed by atoms with Gasteiger partial charge < -0.3 is 10.0 Å². The maximum absolute atomic E-state index is 12.7. The third-order valence-electron chi connectivity index (χ3n) is 3.97. The highest BCUT2D eigenvalue weighted by molar-refractivity contribution is 7.85. The lowest BCUT2D eigenvalue weighted by Crippen LogP contribution is -2.35. The molecule has 1 heterocycles. The van der Waals surface area contributed by atoms with Crippen LogP contribution in [0.2, 0.25) is 0 Å². The minimum atomic E-state index is -0.851. The van der Waals surface area contributed by atoms with E-state index in [1.54, 1.807) is 4.90 Å². The van der Waals surface area contributed by atoms with Crippen molar-refractivity contribution in [2.45, 2.75) is 6.92 Å². The summed E-state index contributed by atoms with van der Waals surface area (Å²) in [5.74, 6) is 1.41. The largest absolute Gasteiger partial charge is 0.507 e. The van der Waals surface area contributed by atoms with Crippen LogP contribution in [-0.4, -0.2) is 44.7 Å². The van der Waals surface area contributed by atoms with Gasteiger partial charge >= 0.3 is 0 Å². The van der Waals surface area contributed by atoms with Gasteiger partial charge in [0.05, 0.1) is 0 Å². The van der Waals surface area contributed by atoms with Crippen LogP contribution in [-0.2, 0) is 10.8 Å². The molecule has 1 N–H and O–H groups in total. The van der Waals surface area contributed by atoms with Crippen molar-refractivity contribution in [3.63, 3.8) is 0 Å². The van der Waals surface area contributed by atoms with Crippen LogP contribution in [0.3, 0.4) is 0 Å². The van der Waals surface area contributed by atoms with E-state index in [1.807, 2.05) is 37.3 Å². The molecule has 3 rings (SSSR count). The molecule has 1 saturated heterocycles. The average Bonchev–Trinajstić information content (AvgIpc) is 2.67. The maximum atomic E-state index is 12.7. The number of amides is 1. The third-order valence-corrected chi connectivity index (χ3v) is 5.54. The van der Waals surface area contributed by atoms with Crippen LogP contribution >= 0.6 is 0 Å². The monoisotopic (exact) mass is 317 g/mol. The molecule has 4 nitrogen and oxygen atoms in total. The molecular formula is C17H19NO3S. The molecule has 22 heavy (non-hydrogen) atoms. The standard InChI is InChI=1S/C17H19NO3S/c1-12-10-18(6-7-22(21)11-12)17(20)14-8-13-4-2-3-5-15(13)16(19)9-14/h2-5,8-9,12,19H,6-7,10-11H2,1H3. The Bertz CT molecular complexity index is 744. The van der Waals surface area contributed by atoms with E-state index < -0.39 is 10.8 Å². The number of fused-ring (bicyclic) bond motifs is 1. The Balaban J connectivity index is 1.93. The number of nitrogens with zero attached hydrogens (tertiary/aromatic N) is 1. The molecule has 1 fully saturated rings. The van der Waals surface area contributed by atoms with Crippen molar-refractivity contribution in [3.05, 3.63) is 42.0 Å². The van der Waals surface area contributed by atoms with E-state index >= 15 is 0 Å². The van der Waals surface area contributed by atoms with E-state index in [9.17, 15) is 14.1 Å². The van der Waals surface area contributed by atoms with Crippen molar-refractivity contribution in [1.82, 2.24) is 4.90 Å². The lowest BCUT2D eigenvalue weighted by Gasteiger charge is -2.22. The molecule has 2 unspecified atom stereocenters. The van der Waals surface area contributed by atoms with Crippen molar-refractivity contribution >= 4 is 27.5 Å². The highest BCUT2D eigenvalue weighted by Gasteiger charge is 2.24. The van der Waals surface area contributed by atoms with Crippen molar-refractivity contribution in [2.24, 2.45) is 5.92 Å². The van der Waals surface area contributed by atoms with Gasteiger partial charge in [-0.3, -0.25) is 9.00 Å². The van der Waals surface area contributed by atoms with Crippen LogP contribution in [0.4, 0.5) is 0 Å². The number of aromatic hydroxyl groups is 1. The highest BCUT2D eigenvalue weighted by Crippen LogP contribution is 2.27. The Kier molecular flexibility index (Phi) is 4.16. The van der Waals surface area contributed by atoms with Crippen molar-refractivity contribution in [1.29, 1.82) is 0 Å². The first-order valence-electron chi connectivity index (χ1n) is 7.40. The summed E-state index contributed by atoms with van der Waals surface area (Å²) in [4.78, 5) is 14.5. The van der Waals surface area contributed by atoms with E-state index in [-0.39, 0.29) is 17.6 Å². The molecule has 0 radical (unpaired) electrons. The zero-order valence-corrected chi connectivity index (χ0v) is 13.3. The normalized spacial score (nSPS) is 22.5. The molecular weight excluding hydrogens is 298 g/mol. The van der Waals surface area contributed by atoms with Gasteiger partial charge in [0.15, 0.2) is 0 Å².